The molecule has 1 rings (SSSR count). The van der Waals surface area contributed by atoms with Gasteiger partial charge in [-0.3, -0.25) is 0 Å². The molecule has 0 aromatic carbocycles. The van der Waals surface area contributed by atoms with E-state index < -0.39 is 0 Å². The fourth-order valence-electron chi connectivity index (χ4n) is 1.48. The Kier molecular flexibility index (Phi) is 2.43. The molecule has 1 fully saturated rings. The van der Waals surface area contributed by atoms with E-state index in [1.807, 2.05) is 16.9 Å². The fourth-order valence-corrected chi connectivity index (χ4v) is 2.95. The molecule has 0 bridgehead atoms. The first kappa shape index (κ1) is 6.68. The van der Waals surface area contributed by atoms with Gasteiger partial charge in [-0.05, 0) is 0 Å². The number of hydrogen-bond acceptors (Lipinski definition) is 0. The van der Waals surface area contributed by atoms with Crippen molar-refractivity contribution >= 4 is 16.9 Å². The van der Waals surface area contributed by atoms with Crippen LogP contribution in [0.3, 0.4) is 0 Å². The van der Waals surface area contributed by atoms with E-state index in [0.717, 1.165) is 10.6 Å². The zero-order valence-electron chi connectivity index (χ0n) is 5.56. The first-order chi connectivity index (χ1) is 3.79. The van der Waals surface area contributed by atoms with Crippen LogP contribution in [0, 0.1) is 5.92 Å². The van der Waals surface area contributed by atoms with Crippen molar-refractivity contribution in [1.29, 1.82) is 0 Å². The van der Waals surface area contributed by atoms with Gasteiger partial charge in [0.25, 0.3) is 0 Å². The van der Waals surface area contributed by atoms with Gasteiger partial charge in [0, 0.05) is 0 Å². The quantitative estimate of drug-likeness (QED) is 0.489. The SMILES string of the molecule is CC1CCCC([AsH2])C1. The second kappa shape index (κ2) is 2.92. The van der Waals surface area contributed by atoms with Crippen LogP contribution in [0.5, 0.6) is 0 Å². The summed E-state index contributed by atoms with van der Waals surface area (Å²) < 4.78 is 1.08. The molecule has 0 saturated heterocycles. The molecule has 0 amide bonds. The van der Waals surface area contributed by atoms with Crippen molar-refractivity contribution in [2.24, 2.45) is 5.92 Å². The minimum atomic E-state index is 1.03. The molecule has 8 heavy (non-hydrogen) atoms. The van der Waals surface area contributed by atoms with E-state index in [4.69, 9.17) is 0 Å². The first-order valence-corrected chi connectivity index (χ1v) is 4.94. The van der Waals surface area contributed by atoms with Gasteiger partial charge in [-0.2, -0.15) is 0 Å². The summed E-state index contributed by atoms with van der Waals surface area (Å²) in [5.74, 6) is 1.03. The summed E-state index contributed by atoms with van der Waals surface area (Å²) in [6, 6.07) is 0. The van der Waals surface area contributed by atoms with E-state index >= 15 is 0 Å². The van der Waals surface area contributed by atoms with Crippen molar-refractivity contribution in [2.45, 2.75) is 37.3 Å². The summed E-state index contributed by atoms with van der Waals surface area (Å²) in [6.07, 6.45) is 5.98. The summed E-state index contributed by atoms with van der Waals surface area (Å²) in [4.78, 5) is 0. The molecule has 1 aliphatic rings. The molecule has 0 aliphatic heterocycles. The maximum atomic E-state index is 2.38. The van der Waals surface area contributed by atoms with Gasteiger partial charge in [0.05, 0.1) is 0 Å². The molecule has 48 valence electrons. The van der Waals surface area contributed by atoms with Gasteiger partial charge >= 0.3 is 60.1 Å². The molecular formula is C7H15As. The Morgan fingerprint density at radius 3 is 2.50 bits per heavy atom. The van der Waals surface area contributed by atoms with E-state index in [1.54, 1.807) is 0 Å². The van der Waals surface area contributed by atoms with Gasteiger partial charge in [-0.25, -0.2) is 0 Å². The Morgan fingerprint density at radius 1 is 1.38 bits per heavy atom. The molecule has 0 aromatic rings. The Bertz CT molecular complexity index is 62.8. The second-order valence-electron chi connectivity index (χ2n) is 3.03. The third kappa shape index (κ3) is 1.82. The van der Waals surface area contributed by atoms with Gasteiger partial charge in [-0.1, -0.05) is 0 Å². The van der Waals surface area contributed by atoms with Crippen LogP contribution in [-0.2, 0) is 0 Å². The molecule has 3 unspecified atom stereocenters. The molecule has 3 atom stereocenters. The Hall–Kier alpha value is 0.558. The van der Waals surface area contributed by atoms with E-state index in [1.165, 1.54) is 25.7 Å². The van der Waals surface area contributed by atoms with Crippen LogP contribution in [0.1, 0.15) is 32.6 Å². The molecule has 1 saturated carbocycles. The molecule has 0 heterocycles. The number of rotatable bonds is 0. The van der Waals surface area contributed by atoms with Crippen LogP contribution in [0.15, 0.2) is 0 Å². The average molecular weight is 174 g/mol. The van der Waals surface area contributed by atoms with Crippen LogP contribution in [0.25, 0.3) is 0 Å². The molecule has 1 heteroatoms. The third-order valence-corrected chi connectivity index (χ3v) is 3.25. The minimum absolute atomic E-state index is 1.03. The topological polar surface area (TPSA) is 0 Å². The summed E-state index contributed by atoms with van der Waals surface area (Å²) >= 11 is 1.95. The van der Waals surface area contributed by atoms with Crippen LogP contribution < -0.4 is 0 Å². The Labute approximate surface area is 60.5 Å². The molecule has 0 aromatic heterocycles. The van der Waals surface area contributed by atoms with Crippen LogP contribution in [0.2, 0.25) is 4.71 Å². The van der Waals surface area contributed by atoms with Crippen molar-refractivity contribution in [1.82, 2.24) is 0 Å². The van der Waals surface area contributed by atoms with Crippen LogP contribution >= 0.6 is 0 Å². The zero-order chi connectivity index (χ0) is 5.98. The normalized spacial score (nSPS) is 39.8. The monoisotopic (exact) mass is 174 g/mol. The molecule has 0 N–H and O–H groups in total. The second-order valence-corrected chi connectivity index (χ2v) is 5.01. The Morgan fingerprint density at radius 2 is 2.12 bits per heavy atom. The third-order valence-electron chi connectivity index (χ3n) is 1.98. The van der Waals surface area contributed by atoms with Gasteiger partial charge in [0.2, 0.25) is 0 Å². The standard InChI is InChI=1S/C7H15As/c1-6-3-2-4-7(8)5-6/h6-7H,2-5,8H2,1H3. The van der Waals surface area contributed by atoms with Crippen molar-refractivity contribution in [2.75, 3.05) is 0 Å². The van der Waals surface area contributed by atoms with E-state index in [2.05, 4.69) is 6.92 Å². The summed E-state index contributed by atoms with van der Waals surface area (Å²) in [5, 5.41) is 0. The van der Waals surface area contributed by atoms with Crippen molar-refractivity contribution < 1.29 is 0 Å². The van der Waals surface area contributed by atoms with E-state index in [-0.39, 0.29) is 0 Å². The summed E-state index contributed by atoms with van der Waals surface area (Å²) in [5.41, 5.74) is 0. The van der Waals surface area contributed by atoms with Gasteiger partial charge < -0.3 is 0 Å². The molecule has 0 radical (unpaired) electrons. The van der Waals surface area contributed by atoms with E-state index in [0.29, 0.717) is 0 Å². The van der Waals surface area contributed by atoms with Gasteiger partial charge in [-0.15, -0.1) is 0 Å². The average Bonchev–Trinajstić information content (AvgIpc) is 1.64. The van der Waals surface area contributed by atoms with E-state index in [9.17, 15) is 0 Å². The Balaban J connectivity index is 2.23. The molecule has 1 aliphatic carbocycles. The maximum absolute atomic E-state index is 2.38. The summed E-state index contributed by atoms with van der Waals surface area (Å²) in [7, 11) is 0. The first-order valence-electron chi connectivity index (χ1n) is 3.54. The summed E-state index contributed by atoms with van der Waals surface area (Å²) in [6.45, 7) is 2.38. The van der Waals surface area contributed by atoms with Crippen LogP contribution in [0.4, 0.5) is 0 Å². The predicted octanol–water partition coefficient (Wildman–Crippen LogP) is 1.62. The fraction of sp³-hybridized carbons (Fsp3) is 1.00. The van der Waals surface area contributed by atoms with Crippen molar-refractivity contribution in [3.63, 3.8) is 0 Å². The van der Waals surface area contributed by atoms with Crippen LogP contribution in [-0.4, -0.2) is 16.9 Å². The van der Waals surface area contributed by atoms with Gasteiger partial charge in [0.15, 0.2) is 0 Å². The molecule has 0 nitrogen and oxygen atoms in total. The molecule has 0 spiro atoms. The van der Waals surface area contributed by atoms with Gasteiger partial charge in [0.1, 0.15) is 0 Å². The van der Waals surface area contributed by atoms with Crippen molar-refractivity contribution in [3.8, 4) is 0 Å². The molecular weight excluding hydrogens is 159 g/mol. The zero-order valence-corrected chi connectivity index (χ0v) is 7.98. The van der Waals surface area contributed by atoms with Crippen molar-refractivity contribution in [3.05, 3.63) is 0 Å². The number of hydrogen-bond donors (Lipinski definition) is 0. The predicted molar refractivity (Wildman–Crippen MR) is 39.9 cm³/mol.